The van der Waals surface area contributed by atoms with E-state index in [4.69, 9.17) is 32.7 Å². The average molecular weight is 445 g/mol. The Kier molecular flexibility index (Phi) is 7.27. The van der Waals surface area contributed by atoms with Gasteiger partial charge in [-0.25, -0.2) is 9.78 Å². The Morgan fingerprint density at radius 1 is 1.07 bits per heavy atom. The van der Waals surface area contributed by atoms with Crippen LogP contribution in [0.2, 0.25) is 10.0 Å². The molecule has 0 saturated carbocycles. The summed E-state index contributed by atoms with van der Waals surface area (Å²) in [5, 5.41) is 3.02. The topological polar surface area (TPSA) is 77.5 Å². The number of amides is 1. The first-order valence-corrected chi connectivity index (χ1v) is 9.78. The van der Waals surface area contributed by atoms with Gasteiger partial charge in [-0.05, 0) is 30.7 Å². The number of nitrogens with zero attached hydrogens (tertiary/aromatic N) is 1. The first-order valence-electron chi connectivity index (χ1n) is 9.02. The molecule has 2 aromatic carbocycles. The molecule has 0 fully saturated rings. The second kappa shape index (κ2) is 10.1. The molecule has 30 heavy (non-hydrogen) atoms. The normalized spacial score (nSPS) is 11.4. The minimum atomic E-state index is -1.09. The maximum absolute atomic E-state index is 12.6. The highest BCUT2D eigenvalue weighted by molar-refractivity contribution is 6.36. The summed E-state index contributed by atoms with van der Waals surface area (Å²) in [6, 6.07) is 17.7. The summed E-state index contributed by atoms with van der Waals surface area (Å²) in [7, 11) is 0. The molecule has 8 heteroatoms. The zero-order chi connectivity index (χ0) is 21.5. The molecule has 0 radical (unpaired) electrons. The van der Waals surface area contributed by atoms with Gasteiger partial charge >= 0.3 is 5.97 Å². The number of esters is 1. The number of ether oxygens (including phenoxy) is 2. The Morgan fingerprint density at radius 2 is 1.77 bits per heavy atom. The summed E-state index contributed by atoms with van der Waals surface area (Å²) in [4.78, 5) is 28.9. The van der Waals surface area contributed by atoms with Gasteiger partial charge in [-0.1, -0.05) is 65.7 Å². The van der Waals surface area contributed by atoms with Crippen LogP contribution in [0.1, 0.15) is 22.8 Å². The van der Waals surface area contributed by atoms with Crippen LogP contribution in [0.5, 0.6) is 5.75 Å². The predicted molar refractivity (Wildman–Crippen MR) is 115 cm³/mol. The van der Waals surface area contributed by atoms with Gasteiger partial charge in [0.2, 0.25) is 0 Å². The van der Waals surface area contributed by atoms with Crippen molar-refractivity contribution >= 4 is 40.9 Å². The molecule has 1 N–H and O–H groups in total. The zero-order valence-electron chi connectivity index (χ0n) is 16.0. The van der Waals surface area contributed by atoms with Gasteiger partial charge in [0.15, 0.2) is 11.9 Å². The Balaban J connectivity index is 1.64. The summed E-state index contributed by atoms with van der Waals surface area (Å²) in [5.41, 5.74) is 1.18. The number of nitrogens with one attached hydrogen (secondary N) is 1. The van der Waals surface area contributed by atoms with Gasteiger partial charge in [0.05, 0.1) is 10.0 Å². The largest absolute Gasteiger partial charge is 0.488 e. The molecule has 0 aliphatic rings. The van der Waals surface area contributed by atoms with Crippen molar-refractivity contribution in [3.63, 3.8) is 0 Å². The van der Waals surface area contributed by atoms with E-state index in [0.29, 0.717) is 17.4 Å². The lowest BCUT2D eigenvalue weighted by molar-refractivity contribution is -0.123. The fourth-order valence-electron chi connectivity index (χ4n) is 2.50. The summed E-state index contributed by atoms with van der Waals surface area (Å²) in [6.07, 6.45) is 0.258. The van der Waals surface area contributed by atoms with Crippen molar-refractivity contribution in [2.45, 2.75) is 19.6 Å². The Morgan fingerprint density at radius 3 is 2.50 bits per heavy atom. The zero-order valence-corrected chi connectivity index (χ0v) is 17.5. The smallest absolute Gasteiger partial charge is 0.342 e. The van der Waals surface area contributed by atoms with Crippen LogP contribution >= 0.6 is 23.2 Å². The Hall–Kier alpha value is -3.09. The average Bonchev–Trinajstić information content (AvgIpc) is 2.75. The highest BCUT2D eigenvalue weighted by atomic mass is 35.5. The molecule has 0 aliphatic carbocycles. The molecule has 154 valence electrons. The second-order valence-corrected chi connectivity index (χ2v) is 7.13. The molecule has 3 aromatic rings. The third-order valence-corrected chi connectivity index (χ3v) is 4.54. The number of rotatable bonds is 7. The van der Waals surface area contributed by atoms with Crippen LogP contribution in [0, 0.1) is 0 Å². The monoisotopic (exact) mass is 444 g/mol. The molecule has 0 spiro atoms. The van der Waals surface area contributed by atoms with Crippen molar-refractivity contribution in [1.29, 1.82) is 0 Å². The lowest BCUT2D eigenvalue weighted by Gasteiger charge is -2.15. The molecular weight excluding hydrogens is 427 g/mol. The van der Waals surface area contributed by atoms with Crippen molar-refractivity contribution in [1.82, 2.24) is 4.98 Å². The van der Waals surface area contributed by atoms with Gasteiger partial charge in [-0.3, -0.25) is 4.79 Å². The first-order chi connectivity index (χ1) is 14.4. The molecule has 0 saturated heterocycles. The van der Waals surface area contributed by atoms with E-state index in [2.05, 4.69) is 10.3 Å². The third kappa shape index (κ3) is 5.72. The van der Waals surface area contributed by atoms with Crippen LogP contribution in [0.15, 0.2) is 66.9 Å². The van der Waals surface area contributed by atoms with Crippen LogP contribution < -0.4 is 10.1 Å². The maximum Gasteiger partial charge on any atom is 0.342 e. The predicted octanol–water partition coefficient (Wildman–Crippen LogP) is 5.15. The summed E-state index contributed by atoms with van der Waals surface area (Å²) in [5.74, 6) is -0.777. The van der Waals surface area contributed by atoms with E-state index in [1.165, 1.54) is 19.2 Å². The highest BCUT2D eigenvalue weighted by Gasteiger charge is 2.22. The number of para-hydroxylation sites is 1. The van der Waals surface area contributed by atoms with E-state index in [9.17, 15) is 9.59 Å². The van der Waals surface area contributed by atoms with Crippen LogP contribution in [-0.4, -0.2) is 23.0 Å². The lowest BCUT2D eigenvalue weighted by Crippen LogP contribution is -2.30. The van der Waals surface area contributed by atoms with E-state index in [-0.39, 0.29) is 16.4 Å². The van der Waals surface area contributed by atoms with Crippen LogP contribution in [0.4, 0.5) is 5.82 Å². The van der Waals surface area contributed by atoms with Gasteiger partial charge in [0.1, 0.15) is 17.9 Å². The minimum absolute atomic E-state index is 0.126. The van der Waals surface area contributed by atoms with Gasteiger partial charge in [-0.2, -0.15) is 0 Å². The van der Waals surface area contributed by atoms with E-state index in [1.807, 2.05) is 30.3 Å². The van der Waals surface area contributed by atoms with Crippen molar-refractivity contribution in [3.8, 4) is 5.75 Å². The van der Waals surface area contributed by atoms with Crippen LogP contribution in [0.25, 0.3) is 0 Å². The fraction of sp³-hybridized carbons (Fsp3) is 0.136. The fourth-order valence-corrected chi connectivity index (χ4v) is 2.93. The van der Waals surface area contributed by atoms with Gasteiger partial charge < -0.3 is 14.8 Å². The Labute approximate surface area is 183 Å². The van der Waals surface area contributed by atoms with Crippen LogP contribution in [-0.2, 0) is 16.1 Å². The number of hydrogen-bond acceptors (Lipinski definition) is 5. The van der Waals surface area contributed by atoms with E-state index < -0.39 is 18.0 Å². The van der Waals surface area contributed by atoms with E-state index in [1.54, 1.807) is 24.3 Å². The first kappa shape index (κ1) is 21.6. The lowest BCUT2D eigenvalue weighted by atomic mass is 10.2. The highest BCUT2D eigenvalue weighted by Crippen LogP contribution is 2.24. The summed E-state index contributed by atoms with van der Waals surface area (Å²) >= 11 is 11.8. The van der Waals surface area contributed by atoms with Gasteiger partial charge in [0, 0.05) is 6.20 Å². The molecule has 0 aliphatic heterocycles. The molecule has 1 aromatic heterocycles. The van der Waals surface area contributed by atoms with Gasteiger partial charge in [-0.15, -0.1) is 0 Å². The molecule has 1 unspecified atom stereocenters. The summed E-state index contributed by atoms with van der Waals surface area (Å²) < 4.78 is 11.1. The molecule has 1 atom stereocenters. The number of hydrogen-bond donors (Lipinski definition) is 1. The molecule has 1 amide bonds. The van der Waals surface area contributed by atoms with Crippen LogP contribution in [0.3, 0.4) is 0 Å². The number of pyridine rings is 1. The number of aromatic nitrogens is 1. The van der Waals surface area contributed by atoms with Crippen molar-refractivity contribution in [2.75, 3.05) is 5.32 Å². The second-order valence-electron chi connectivity index (χ2n) is 6.29. The molecule has 0 bridgehead atoms. The van der Waals surface area contributed by atoms with E-state index >= 15 is 0 Å². The molecule has 3 rings (SSSR count). The molecule has 6 nitrogen and oxygen atoms in total. The Bertz CT molecular complexity index is 1040. The van der Waals surface area contributed by atoms with Crippen molar-refractivity contribution < 1.29 is 19.1 Å². The number of benzene rings is 2. The number of halogens is 2. The molecular formula is C22H18Cl2N2O4. The standard InChI is InChI=1S/C22H18Cl2N2O4/c1-14(21(27)26-20-18(24)11-16(23)12-25-20)30-22(28)17-9-5-6-10-19(17)29-13-15-7-3-2-4-8-15/h2-12,14H,13H2,1H3,(H,25,26,27). The van der Waals surface area contributed by atoms with E-state index in [0.717, 1.165) is 5.56 Å². The maximum atomic E-state index is 12.6. The number of anilines is 1. The summed E-state index contributed by atoms with van der Waals surface area (Å²) in [6.45, 7) is 1.74. The quantitative estimate of drug-likeness (QED) is 0.509. The SMILES string of the molecule is CC(OC(=O)c1ccccc1OCc1ccccc1)C(=O)Nc1ncc(Cl)cc1Cl. The van der Waals surface area contributed by atoms with Crippen molar-refractivity contribution in [2.24, 2.45) is 0 Å². The molecule has 1 heterocycles. The number of carbonyl (C=O) groups is 2. The minimum Gasteiger partial charge on any atom is -0.488 e. The number of carbonyl (C=O) groups excluding carboxylic acids is 2. The van der Waals surface area contributed by atoms with Crippen molar-refractivity contribution in [3.05, 3.63) is 88.0 Å². The van der Waals surface area contributed by atoms with Gasteiger partial charge in [0.25, 0.3) is 5.91 Å². The third-order valence-electron chi connectivity index (χ3n) is 4.05.